The predicted molar refractivity (Wildman–Crippen MR) is 79.0 cm³/mol. The molecule has 0 saturated heterocycles. The second kappa shape index (κ2) is 5.82. The molecule has 0 atom stereocenters. The molecule has 1 heterocycles. The normalized spacial score (nSPS) is 10.2. The van der Waals surface area contributed by atoms with Gasteiger partial charge in [-0.1, -0.05) is 17.7 Å². The monoisotopic (exact) mass is 388 g/mol. The Labute approximate surface area is 126 Å². The number of aromatic nitrogens is 1. The zero-order chi connectivity index (χ0) is 13.1. The van der Waals surface area contributed by atoms with Gasteiger partial charge in [0.1, 0.15) is 4.60 Å². The van der Waals surface area contributed by atoms with Gasteiger partial charge in [0.05, 0.1) is 15.2 Å². The van der Waals surface area contributed by atoms with Gasteiger partial charge in [-0.3, -0.25) is 4.79 Å². The van der Waals surface area contributed by atoms with E-state index in [9.17, 15) is 4.79 Å². The minimum atomic E-state index is -0.221. The van der Waals surface area contributed by atoms with E-state index in [4.69, 9.17) is 11.6 Å². The SMILES string of the molecule is O=C(Nc1cccc(Cl)c1Br)c1ccnc(Br)c1. The van der Waals surface area contributed by atoms with Gasteiger partial charge >= 0.3 is 0 Å². The number of nitrogens with one attached hydrogen (secondary N) is 1. The van der Waals surface area contributed by atoms with E-state index >= 15 is 0 Å². The average molecular weight is 390 g/mol. The van der Waals surface area contributed by atoms with Crippen molar-refractivity contribution in [2.75, 3.05) is 5.32 Å². The van der Waals surface area contributed by atoms with Crippen LogP contribution in [0.2, 0.25) is 5.02 Å². The lowest BCUT2D eigenvalue weighted by Crippen LogP contribution is -2.12. The number of benzene rings is 1. The molecule has 92 valence electrons. The highest BCUT2D eigenvalue weighted by Crippen LogP contribution is 2.30. The van der Waals surface area contributed by atoms with E-state index in [1.54, 1.807) is 36.5 Å². The number of anilines is 1. The standard InChI is InChI=1S/C12H7Br2ClN2O/c13-10-6-7(4-5-16-10)12(18)17-9-3-1-2-8(15)11(9)14/h1-6H,(H,17,18). The quantitative estimate of drug-likeness (QED) is 0.767. The largest absolute Gasteiger partial charge is 0.321 e. The van der Waals surface area contributed by atoms with Crippen LogP contribution < -0.4 is 5.32 Å². The van der Waals surface area contributed by atoms with Crippen LogP contribution in [0.3, 0.4) is 0 Å². The first-order chi connectivity index (χ1) is 8.58. The summed E-state index contributed by atoms with van der Waals surface area (Å²) in [6, 6.07) is 8.56. The minimum absolute atomic E-state index is 0.221. The molecule has 0 radical (unpaired) electrons. The maximum Gasteiger partial charge on any atom is 0.255 e. The van der Waals surface area contributed by atoms with Crippen molar-refractivity contribution in [1.82, 2.24) is 4.98 Å². The zero-order valence-corrected chi connectivity index (χ0v) is 12.9. The molecule has 2 rings (SSSR count). The summed E-state index contributed by atoms with van der Waals surface area (Å²) in [5, 5.41) is 3.32. The third kappa shape index (κ3) is 3.10. The molecule has 3 nitrogen and oxygen atoms in total. The Bertz CT molecular complexity index is 604. The van der Waals surface area contributed by atoms with E-state index in [1.165, 1.54) is 0 Å². The predicted octanol–water partition coefficient (Wildman–Crippen LogP) is 4.51. The van der Waals surface area contributed by atoms with Gasteiger partial charge in [-0.15, -0.1) is 0 Å². The highest BCUT2D eigenvalue weighted by molar-refractivity contribution is 9.10. The molecular formula is C12H7Br2ClN2O. The van der Waals surface area contributed by atoms with Crippen LogP contribution >= 0.6 is 43.5 Å². The first-order valence-corrected chi connectivity index (χ1v) is 6.91. The molecular weight excluding hydrogens is 383 g/mol. The summed E-state index contributed by atoms with van der Waals surface area (Å²) < 4.78 is 1.27. The van der Waals surface area contributed by atoms with Crippen LogP contribution in [0.15, 0.2) is 45.6 Å². The van der Waals surface area contributed by atoms with Crippen LogP contribution in [0.5, 0.6) is 0 Å². The van der Waals surface area contributed by atoms with E-state index in [0.717, 1.165) is 0 Å². The molecule has 0 bridgehead atoms. The van der Waals surface area contributed by atoms with E-state index in [0.29, 0.717) is 25.3 Å². The number of hydrogen-bond donors (Lipinski definition) is 1. The van der Waals surface area contributed by atoms with E-state index in [1.807, 2.05) is 0 Å². The lowest BCUT2D eigenvalue weighted by atomic mass is 10.2. The molecule has 6 heteroatoms. The Kier molecular flexibility index (Phi) is 4.37. The number of carbonyl (C=O) groups is 1. The van der Waals surface area contributed by atoms with Crippen LogP contribution in [0.25, 0.3) is 0 Å². The molecule has 0 aliphatic carbocycles. The second-order valence-electron chi connectivity index (χ2n) is 3.42. The summed E-state index contributed by atoms with van der Waals surface area (Å²) in [5.74, 6) is -0.221. The minimum Gasteiger partial charge on any atom is -0.321 e. The van der Waals surface area contributed by atoms with Crippen LogP contribution in [0, 0.1) is 0 Å². The van der Waals surface area contributed by atoms with Crippen molar-refractivity contribution in [2.45, 2.75) is 0 Å². The molecule has 0 saturated carbocycles. The van der Waals surface area contributed by atoms with Gasteiger partial charge < -0.3 is 5.32 Å². The van der Waals surface area contributed by atoms with Crippen LogP contribution in [-0.2, 0) is 0 Å². The Hall–Kier alpha value is -0.910. The number of hydrogen-bond acceptors (Lipinski definition) is 2. The van der Waals surface area contributed by atoms with Crippen molar-refractivity contribution in [3.63, 3.8) is 0 Å². The molecule has 0 unspecified atom stereocenters. The van der Waals surface area contributed by atoms with Crippen molar-refractivity contribution in [2.24, 2.45) is 0 Å². The number of amides is 1. The number of nitrogens with zero attached hydrogens (tertiary/aromatic N) is 1. The Morgan fingerprint density at radius 2 is 2.06 bits per heavy atom. The van der Waals surface area contributed by atoms with Gasteiger partial charge in [0.2, 0.25) is 0 Å². The molecule has 0 fully saturated rings. The summed E-state index contributed by atoms with van der Waals surface area (Å²) in [4.78, 5) is 16.0. The van der Waals surface area contributed by atoms with Crippen molar-refractivity contribution in [1.29, 1.82) is 0 Å². The van der Waals surface area contributed by atoms with Gasteiger partial charge in [0, 0.05) is 11.8 Å². The summed E-state index contributed by atoms with van der Waals surface area (Å²) in [6.07, 6.45) is 1.56. The number of halogens is 3. The fraction of sp³-hybridized carbons (Fsp3) is 0. The smallest absolute Gasteiger partial charge is 0.255 e. The van der Waals surface area contributed by atoms with Gasteiger partial charge in [-0.2, -0.15) is 0 Å². The van der Waals surface area contributed by atoms with Crippen LogP contribution in [0.1, 0.15) is 10.4 Å². The number of pyridine rings is 1. The zero-order valence-electron chi connectivity index (χ0n) is 8.95. The highest BCUT2D eigenvalue weighted by Gasteiger charge is 2.10. The summed E-state index contributed by atoms with van der Waals surface area (Å²) >= 11 is 12.5. The maximum absolute atomic E-state index is 12.0. The van der Waals surface area contributed by atoms with Gasteiger partial charge in [0.15, 0.2) is 0 Å². The molecule has 1 N–H and O–H groups in total. The molecule has 18 heavy (non-hydrogen) atoms. The molecule has 1 amide bonds. The lowest BCUT2D eigenvalue weighted by Gasteiger charge is -2.08. The van der Waals surface area contributed by atoms with Crippen molar-refractivity contribution in [3.05, 3.63) is 56.2 Å². The van der Waals surface area contributed by atoms with Crippen LogP contribution in [-0.4, -0.2) is 10.9 Å². The molecule has 2 aromatic rings. The molecule has 1 aromatic heterocycles. The van der Waals surface area contributed by atoms with E-state index in [-0.39, 0.29) is 5.91 Å². The van der Waals surface area contributed by atoms with Gasteiger partial charge in [-0.25, -0.2) is 4.98 Å². The highest BCUT2D eigenvalue weighted by atomic mass is 79.9. The molecule has 0 spiro atoms. The number of carbonyl (C=O) groups excluding carboxylic acids is 1. The van der Waals surface area contributed by atoms with Gasteiger partial charge in [0.25, 0.3) is 5.91 Å². The topological polar surface area (TPSA) is 42.0 Å². The number of rotatable bonds is 2. The van der Waals surface area contributed by atoms with Crippen LogP contribution in [0.4, 0.5) is 5.69 Å². The fourth-order valence-electron chi connectivity index (χ4n) is 1.34. The Morgan fingerprint density at radius 1 is 1.28 bits per heavy atom. The Morgan fingerprint density at radius 3 is 2.78 bits per heavy atom. The van der Waals surface area contributed by atoms with Crippen molar-refractivity contribution >= 4 is 55.1 Å². The second-order valence-corrected chi connectivity index (χ2v) is 5.44. The van der Waals surface area contributed by atoms with Crippen molar-refractivity contribution in [3.8, 4) is 0 Å². The van der Waals surface area contributed by atoms with E-state index in [2.05, 4.69) is 42.2 Å². The molecule has 0 aliphatic rings. The maximum atomic E-state index is 12.0. The average Bonchev–Trinajstić information content (AvgIpc) is 2.35. The lowest BCUT2D eigenvalue weighted by molar-refractivity contribution is 0.102. The summed E-state index contributed by atoms with van der Waals surface area (Å²) in [7, 11) is 0. The van der Waals surface area contributed by atoms with Gasteiger partial charge in [-0.05, 0) is 56.1 Å². The van der Waals surface area contributed by atoms with Crippen molar-refractivity contribution < 1.29 is 4.79 Å². The summed E-state index contributed by atoms with van der Waals surface area (Å²) in [5.41, 5.74) is 1.14. The fourth-order valence-corrected chi connectivity index (χ4v) is 2.24. The Balaban J connectivity index is 2.24. The third-order valence-electron chi connectivity index (χ3n) is 2.19. The molecule has 1 aromatic carbocycles. The molecule has 0 aliphatic heterocycles. The first-order valence-electron chi connectivity index (χ1n) is 4.95. The third-order valence-corrected chi connectivity index (χ3v) is 4.02. The summed E-state index contributed by atoms with van der Waals surface area (Å²) in [6.45, 7) is 0. The van der Waals surface area contributed by atoms with E-state index < -0.39 is 0 Å². The first kappa shape index (κ1) is 13.5.